The van der Waals surface area contributed by atoms with Crippen LogP contribution in [0.2, 0.25) is 0 Å². The molecule has 5 aliphatic carbocycles. The Balaban J connectivity index is 1.74. The summed E-state index contributed by atoms with van der Waals surface area (Å²) in [5.41, 5.74) is -1.77. The first-order valence-electron chi connectivity index (χ1n) is 13.6. The highest BCUT2D eigenvalue weighted by Crippen LogP contribution is 2.67. The fourth-order valence-electron chi connectivity index (χ4n) is 8.43. The lowest BCUT2D eigenvalue weighted by Gasteiger charge is -2.57. The van der Waals surface area contributed by atoms with Crippen LogP contribution in [0.3, 0.4) is 0 Å². The van der Waals surface area contributed by atoms with Crippen LogP contribution < -0.4 is 0 Å². The van der Waals surface area contributed by atoms with E-state index in [-0.39, 0.29) is 29.5 Å². The molecule has 3 fully saturated rings. The number of ether oxygens (including phenoxy) is 2. The molecule has 0 amide bonds. The minimum Gasteiger partial charge on any atom is -0.459 e. The SMILES string of the molecule is C/C=C(\C)C(=O)O[C@H]1[C@H]2[C@H](OC(=O)[C@]23C[C@@H]2C[C@@H](C(C)(C)O)[C@H]3C=C2C)[C@H](O)[C@@H](C)[C@@H]2C=CC(=O)[C@]21C. The van der Waals surface area contributed by atoms with Gasteiger partial charge in [0.05, 0.1) is 28.5 Å². The molecule has 7 heteroatoms. The number of carbonyl (C=O) groups is 3. The Morgan fingerprint density at radius 3 is 2.54 bits per heavy atom. The summed E-state index contributed by atoms with van der Waals surface area (Å²) in [7, 11) is 0. The molecular weight excluding hydrogens is 472 g/mol. The average molecular weight is 513 g/mol. The van der Waals surface area contributed by atoms with Crippen molar-refractivity contribution < 1.29 is 34.1 Å². The molecule has 1 saturated heterocycles. The number of carbonyl (C=O) groups excluding carboxylic acids is 3. The third-order valence-electron chi connectivity index (χ3n) is 10.7. The van der Waals surface area contributed by atoms with Gasteiger partial charge in [-0.3, -0.25) is 9.59 Å². The van der Waals surface area contributed by atoms with Crippen LogP contribution in [0, 0.1) is 46.3 Å². The molecule has 202 valence electrons. The van der Waals surface area contributed by atoms with Gasteiger partial charge in [-0.2, -0.15) is 0 Å². The number of hydrogen-bond acceptors (Lipinski definition) is 7. The predicted molar refractivity (Wildman–Crippen MR) is 136 cm³/mol. The number of allylic oxidation sites excluding steroid dienone is 5. The Bertz CT molecular complexity index is 1130. The summed E-state index contributed by atoms with van der Waals surface area (Å²) >= 11 is 0. The molecule has 1 spiro atoms. The second kappa shape index (κ2) is 8.37. The highest BCUT2D eigenvalue weighted by molar-refractivity contribution is 5.99. The van der Waals surface area contributed by atoms with Crippen molar-refractivity contribution in [3.63, 3.8) is 0 Å². The second-order valence-corrected chi connectivity index (χ2v) is 12.9. The molecule has 11 atom stereocenters. The first-order valence-corrected chi connectivity index (χ1v) is 13.6. The largest absolute Gasteiger partial charge is 0.459 e. The van der Waals surface area contributed by atoms with Gasteiger partial charge >= 0.3 is 11.9 Å². The van der Waals surface area contributed by atoms with Crippen molar-refractivity contribution in [1.29, 1.82) is 0 Å². The van der Waals surface area contributed by atoms with Crippen molar-refractivity contribution in [2.45, 2.75) is 85.2 Å². The quantitative estimate of drug-likeness (QED) is 0.338. The van der Waals surface area contributed by atoms with Gasteiger partial charge in [0.2, 0.25) is 0 Å². The first kappa shape index (κ1) is 26.4. The zero-order valence-electron chi connectivity index (χ0n) is 22.9. The summed E-state index contributed by atoms with van der Waals surface area (Å²) in [6.07, 6.45) is 5.36. The van der Waals surface area contributed by atoms with E-state index in [0.717, 1.165) is 6.42 Å². The lowest BCUT2D eigenvalue weighted by atomic mass is 9.46. The zero-order valence-corrected chi connectivity index (χ0v) is 22.9. The van der Waals surface area contributed by atoms with Gasteiger partial charge < -0.3 is 19.7 Å². The number of aliphatic hydroxyl groups excluding tert-OH is 1. The molecular formula is C30H40O7. The smallest absolute Gasteiger partial charge is 0.333 e. The van der Waals surface area contributed by atoms with Crippen LogP contribution in [0.15, 0.2) is 35.5 Å². The van der Waals surface area contributed by atoms with Crippen molar-refractivity contribution in [2.75, 3.05) is 0 Å². The van der Waals surface area contributed by atoms with Gasteiger partial charge in [0.25, 0.3) is 0 Å². The standard InChI is InChI=1S/C30H40O7/c1-8-14(2)26(33)37-25-22-24(23(32)16(4)18-9-10-21(31)29(18,25)7)36-27(34)30(22)13-17-12-19(28(5,6)35)20(30)11-15(17)3/h8-11,16-20,22-25,32,35H,12-13H2,1-7H3/b14-8+/t16-,17-,18-,19+,20+,22+,23+,24-,25-,29-,30-/m0/s1. The summed E-state index contributed by atoms with van der Waals surface area (Å²) in [6.45, 7) is 12.7. The molecule has 6 rings (SSSR count). The Hall–Kier alpha value is -2.25. The van der Waals surface area contributed by atoms with Crippen LogP contribution in [0.4, 0.5) is 0 Å². The lowest BCUT2D eigenvalue weighted by Crippen LogP contribution is -2.61. The summed E-state index contributed by atoms with van der Waals surface area (Å²) in [6, 6.07) is 0. The van der Waals surface area contributed by atoms with E-state index in [2.05, 4.69) is 13.0 Å². The van der Waals surface area contributed by atoms with E-state index < -0.39 is 58.5 Å². The topological polar surface area (TPSA) is 110 Å². The van der Waals surface area contributed by atoms with E-state index in [0.29, 0.717) is 12.0 Å². The van der Waals surface area contributed by atoms with Crippen molar-refractivity contribution >= 4 is 17.7 Å². The van der Waals surface area contributed by atoms with E-state index in [1.165, 1.54) is 11.6 Å². The number of hydrogen-bond donors (Lipinski definition) is 2. The third kappa shape index (κ3) is 3.42. The molecule has 0 unspecified atom stereocenters. The summed E-state index contributed by atoms with van der Waals surface area (Å²) in [4.78, 5) is 40.9. The summed E-state index contributed by atoms with van der Waals surface area (Å²) in [5.74, 6) is -3.24. The number of fused-ring (bicyclic) bond motifs is 3. The van der Waals surface area contributed by atoms with Gasteiger partial charge in [-0.15, -0.1) is 0 Å². The van der Waals surface area contributed by atoms with Gasteiger partial charge in [0.1, 0.15) is 12.2 Å². The first-order chi connectivity index (χ1) is 17.2. The summed E-state index contributed by atoms with van der Waals surface area (Å²) < 4.78 is 12.3. The number of esters is 2. The normalized spacial score (nSPS) is 46.9. The van der Waals surface area contributed by atoms with Crippen molar-refractivity contribution in [2.24, 2.45) is 46.3 Å². The van der Waals surface area contributed by atoms with Gasteiger partial charge in [-0.25, -0.2) is 4.79 Å². The maximum Gasteiger partial charge on any atom is 0.333 e. The number of ketones is 1. The molecule has 37 heavy (non-hydrogen) atoms. The molecule has 1 aliphatic heterocycles. The van der Waals surface area contributed by atoms with E-state index in [1.54, 1.807) is 40.7 Å². The maximum absolute atomic E-state index is 14.1. The number of rotatable bonds is 3. The van der Waals surface area contributed by atoms with Gasteiger partial charge in [0, 0.05) is 5.57 Å². The van der Waals surface area contributed by atoms with Gasteiger partial charge in [-0.1, -0.05) is 30.7 Å². The minimum absolute atomic E-state index is 0.0418. The van der Waals surface area contributed by atoms with Gasteiger partial charge in [0.15, 0.2) is 5.78 Å². The monoisotopic (exact) mass is 512 g/mol. The molecule has 2 bridgehead atoms. The second-order valence-electron chi connectivity index (χ2n) is 12.9. The Morgan fingerprint density at radius 2 is 1.95 bits per heavy atom. The Morgan fingerprint density at radius 1 is 1.27 bits per heavy atom. The molecule has 1 heterocycles. The molecule has 0 aromatic heterocycles. The van der Waals surface area contributed by atoms with E-state index in [9.17, 15) is 24.6 Å². The minimum atomic E-state index is -1.16. The summed E-state index contributed by atoms with van der Waals surface area (Å²) in [5, 5.41) is 22.8. The Kier molecular flexibility index (Phi) is 5.97. The van der Waals surface area contributed by atoms with Crippen LogP contribution in [0.25, 0.3) is 0 Å². The van der Waals surface area contributed by atoms with Crippen molar-refractivity contribution in [1.82, 2.24) is 0 Å². The fourth-order valence-corrected chi connectivity index (χ4v) is 8.43. The van der Waals surface area contributed by atoms with E-state index in [1.807, 2.05) is 13.0 Å². The van der Waals surface area contributed by atoms with E-state index in [4.69, 9.17) is 9.47 Å². The van der Waals surface area contributed by atoms with Crippen molar-refractivity contribution in [3.8, 4) is 0 Å². The highest BCUT2D eigenvalue weighted by Gasteiger charge is 2.75. The van der Waals surface area contributed by atoms with E-state index >= 15 is 0 Å². The predicted octanol–water partition coefficient (Wildman–Crippen LogP) is 3.54. The Labute approximate surface area is 219 Å². The lowest BCUT2D eigenvalue weighted by molar-refractivity contribution is -0.178. The number of aliphatic hydroxyl groups is 2. The van der Waals surface area contributed by atoms with Gasteiger partial charge in [-0.05, 0) is 90.0 Å². The fraction of sp³-hybridized carbons (Fsp3) is 0.700. The molecule has 0 radical (unpaired) electrons. The molecule has 0 aromatic carbocycles. The van der Waals surface area contributed by atoms with Crippen LogP contribution in [0.1, 0.15) is 61.3 Å². The maximum atomic E-state index is 14.1. The molecule has 2 saturated carbocycles. The average Bonchev–Trinajstić information content (AvgIpc) is 3.27. The molecule has 0 aromatic rings. The van der Waals surface area contributed by atoms with Crippen LogP contribution in [-0.4, -0.2) is 51.8 Å². The molecule has 7 nitrogen and oxygen atoms in total. The zero-order chi connectivity index (χ0) is 27.2. The highest BCUT2D eigenvalue weighted by atomic mass is 16.6. The van der Waals surface area contributed by atoms with Crippen LogP contribution in [0.5, 0.6) is 0 Å². The van der Waals surface area contributed by atoms with Crippen LogP contribution >= 0.6 is 0 Å². The third-order valence-corrected chi connectivity index (χ3v) is 10.7. The molecule has 2 N–H and O–H groups in total. The molecule has 6 aliphatic rings. The van der Waals surface area contributed by atoms with Crippen LogP contribution in [-0.2, 0) is 23.9 Å². The van der Waals surface area contributed by atoms with Crippen molar-refractivity contribution in [3.05, 3.63) is 35.5 Å².